The fourth-order valence-electron chi connectivity index (χ4n) is 1.45. The van der Waals surface area contributed by atoms with Crippen molar-refractivity contribution >= 4 is 17.6 Å². The van der Waals surface area contributed by atoms with Gasteiger partial charge in [-0.3, -0.25) is 9.48 Å². The molecule has 0 aliphatic carbocycles. The number of aromatic nitrogens is 2. The summed E-state index contributed by atoms with van der Waals surface area (Å²) in [6.45, 7) is 1.76. The highest BCUT2D eigenvalue weighted by Crippen LogP contribution is 2.29. The summed E-state index contributed by atoms with van der Waals surface area (Å²) in [4.78, 5) is 10.6. The summed E-state index contributed by atoms with van der Waals surface area (Å²) in [5.41, 5.74) is 1.26. The zero-order valence-corrected chi connectivity index (χ0v) is 9.58. The Hall–Kier alpha value is -1.07. The van der Waals surface area contributed by atoms with Crippen LogP contribution in [0.15, 0.2) is 0 Å². The SMILES string of the molecule is COC(CC(=O)O)c1c(Cl)c(C)nn1C. The third-order valence-corrected chi connectivity index (χ3v) is 2.61. The van der Waals surface area contributed by atoms with Crippen molar-refractivity contribution in [3.63, 3.8) is 0 Å². The quantitative estimate of drug-likeness (QED) is 0.855. The number of nitrogens with zero attached hydrogens (tertiary/aromatic N) is 2. The number of hydrogen-bond acceptors (Lipinski definition) is 3. The average Bonchev–Trinajstić information content (AvgIpc) is 2.38. The van der Waals surface area contributed by atoms with Crippen molar-refractivity contribution in [3.8, 4) is 0 Å². The zero-order chi connectivity index (χ0) is 11.6. The fraction of sp³-hybridized carbons (Fsp3) is 0.556. The molecule has 0 bridgehead atoms. The normalized spacial score (nSPS) is 12.8. The van der Waals surface area contributed by atoms with Crippen LogP contribution in [0.25, 0.3) is 0 Å². The number of ether oxygens (including phenoxy) is 1. The van der Waals surface area contributed by atoms with Gasteiger partial charge in [-0.2, -0.15) is 5.10 Å². The summed E-state index contributed by atoms with van der Waals surface area (Å²) in [6.07, 6.45) is -0.698. The lowest BCUT2D eigenvalue weighted by atomic mass is 10.1. The van der Waals surface area contributed by atoms with Crippen LogP contribution in [0, 0.1) is 6.92 Å². The number of halogens is 1. The molecule has 1 atom stereocenters. The highest BCUT2D eigenvalue weighted by molar-refractivity contribution is 6.31. The van der Waals surface area contributed by atoms with Crippen molar-refractivity contribution in [2.45, 2.75) is 19.4 Å². The standard InChI is InChI=1S/C9H13ClN2O3/c1-5-8(10)9(12(2)11-5)6(15-3)4-7(13)14/h6H,4H2,1-3H3,(H,13,14). The van der Waals surface area contributed by atoms with Crippen LogP contribution in [0.3, 0.4) is 0 Å². The molecule has 1 N–H and O–H groups in total. The highest BCUT2D eigenvalue weighted by atomic mass is 35.5. The molecule has 1 aromatic rings. The summed E-state index contributed by atoms with van der Waals surface area (Å²) in [5.74, 6) is -0.934. The van der Waals surface area contributed by atoms with Crippen molar-refractivity contribution in [2.24, 2.45) is 7.05 Å². The van der Waals surface area contributed by atoms with Gasteiger partial charge in [-0.15, -0.1) is 0 Å². The Bertz CT molecular complexity index is 376. The van der Waals surface area contributed by atoms with E-state index in [0.29, 0.717) is 16.4 Å². The molecule has 6 heteroatoms. The van der Waals surface area contributed by atoms with E-state index in [0.717, 1.165) is 0 Å². The molecule has 15 heavy (non-hydrogen) atoms. The van der Waals surface area contributed by atoms with Gasteiger partial charge >= 0.3 is 5.97 Å². The minimum atomic E-state index is -0.934. The zero-order valence-electron chi connectivity index (χ0n) is 8.82. The van der Waals surface area contributed by atoms with Gasteiger partial charge in [0.05, 0.1) is 22.8 Å². The van der Waals surface area contributed by atoms with Gasteiger partial charge < -0.3 is 9.84 Å². The van der Waals surface area contributed by atoms with Crippen molar-refractivity contribution in [1.29, 1.82) is 0 Å². The number of aryl methyl sites for hydroxylation is 2. The molecule has 0 spiro atoms. The summed E-state index contributed by atoms with van der Waals surface area (Å²) in [5, 5.41) is 13.3. The topological polar surface area (TPSA) is 64.3 Å². The van der Waals surface area contributed by atoms with E-state index < -0.39 is 12.1 Å². The molecule has 1 rings (SSSR count). The number of carboxylic acids is 1. The molecule has 0 saturated carbocycles. The number of aliphatic carboxylic acids is 1. The summed E-state index contributed by atoms with van der Waals surface area (Å²) < 4.78 is 6.65. The molecule has 0 aliphatic rings. The smallest absolute Gasteiger partial charge is 0.306 e. The average molecular weight is 233 g/mol. The fourth-order valence-corrected chi connectivity index (χ4v) is 1.73. The van der Waals surface area contributed by atoms with Crippen LogP contribution in [0.1, 0.15) is 23.9 Å². The van der Waals surface area contributed by atoms with Gasteiger partial charge in [0.15, 0.2) is 0 Å². The van der Waals surface area contributed by atoms with E-state index in [4.69, 9.17) is 21.4 Å². The van der Waals surface area contributed by atoms with Crippen molar-refractivity contribution in [3.05, 3.63) is 16.4 Å². The Morgan fingerprint density at radius 2 is 2.33 bits per heavy atom. The van der Waals surface area contributed by atoms with Gasteiger partial charge in [0.1, 0.15) is 6.10 Å². The monoisotopic (exact) mass is 232 g/mol. The van der Waals surface area contributed by atoms with Crippen LogP contribution >= 0.6 is 11.6 Å². The molecule has 1 unspecified atom stereocenters. The van der Waals surface area contributed by atoms with Crippen molar-refractivity contribution < 1.29 is 14.6 Å². The predicted molar refractivity (Wildman–Crippen MR) is 55.0 cm³/mol. The number of carboxylic acid groups (broad SMARTS) is 1. The van der Waals surface area contributed by atoms with E-state index >= 15 is 0 Å². The molecule has 0 amide bonds. The molecular formula is C9H13ClN2O3. The van der Waals surface area contributed by atoms with E-state index in [2.05, 4.69) is 5.10 Å². The second kappa shape index (κ2) is 4.63. The van der Waals surface area contributed by atoms with E-state index in [1.165, 1.54) is 7.11 Å². The van der Waals surface area contributed by atoms with Gasteiger partial charge in [0.25, 0.3) is 0 Å². The molecule has 0 aliphatic heterocycles. The van der Waals surface area contributed by atoms with E-state index in [-0.39, 0.29) is 6.42 Å². The maximum absolute atomic E-state index is 10.6. The van der Waals surface area contributed by atoms with Crippen molar-refractivity contribution in [2.75, 3.05) is 7.11 Å². The highest BCUT2D eigenvalue weighted by Gasteiger charge is 2.23. The molecule has 84 valence electrons. The lowest BCUT2D eigenvalue weighted by Gasteiger charge is -2.13. The van der Waals surface area contributed by atoms with Gasteiger partial charge in [-0.05, 0) is 6.92 Å². The van der Waals surface area contributed by atoms with E-state index in [1.54, 1.807) is 18.7 Å². The number of carbonyl (C=O) groups is 1. The Morgan fingerprint density at radius 1 is 1.73 bits per heavy atom. The Kier molecular flexibility index (Phi) is 3.71. The van der Waals surface area contributed by atoms with Gasteiger partial charge in [-0.25, -0.2) is 0 Å². The first-order valence-corrected chi connectivity index (χ1v) is 4.78. The largest absolute Gasteiger partial charge is 0.481 e. The summed E-state index contributed by atoms with van der Waals surface area (Å²) in [7, 11) is 3.16. The molecule has 0 saturated heterocycles. The number of hydrogen-bond donors (Lipinski definition) is 1. The molecule has 1 heterocycles. The second-order valence-corrected chi connectivity index (χ2v) is 3.61. The molecule has 5 nitrogen and oxygen atoms in total. The molecule has 1 aromatic heterocycles. The first-order valence-electron chi connectivity index (χ1n) is 4.41. The second-order valence-electron chi connectivity index (χ2n) is 3.23. The van der Waals surface area contributed by atoms with Crippen molar-refractivity contribution in [1.82, 2.24) is 9.78 Å². The van der Waals surface area contributed by atoms with Gasteiger partial charge in [0, 0.05) is 14.2 Å². The maximum atomic E-state index is 10.6. The van der Waals surface area contributed by atoms with Crippen LogP contribution in [-0.2, 0) is 16.6 Å². The first-order chi connectivity index (χ1) is 6.97. The lowest BCUT2D eigenvalue weighted by molar-refractivity contribution is -0.139. The maximum Gasteiger partial charge on any atom is 0.306 e. The Labute approximate surface area is 92.6 Å². The summed E-state index contributed by atoms with van der Waals surface area (Å²) in [6, 6.07) is 0. The van der Waals surface area contributed by atoms with Crippen LogP contribution in [0.5, 0.6) is 0 Å². The molecular weight excluding hydrogens is 220 g/mol. The number of rotatable bonds is 4. The molecule has 0 radical (unpaired) electrons. The molecule has 0 fully saturated rings. The third kappa shape index (κ3) is 2.49. The minimum absolute atomic E-state index is 0.130. The van der Waals surface area contributed by atoms with Crippen LogP contribution < -0.4 is 0 Å². The first kappa shape index (κ1) is 12.0. The number of methoxy groups -OCH3 is 1. The van der Waals surface area contributed by atoms with Crippen LogP contribution in [0.2, 0.25) is 5.02 Å². The molecule has 0 aromatic carbocycles. The van der Waals surface area contributed by atoms with Gasteiger partial charge in [-0.1, -0.05) is 11.6 Å². The van der Waals surface area contributed by atoms with E-state index in [9.17, 15) is 4.79 Å². The summed E-state index contributed by atoms with van der Waals surface area (Å²) >= 11 is 6.01. The Balaban J connectivity index is 3.06. The van der Waals surface area contributed by atoms with E-state index in [1.807, 2.05) is 0 Å². The third-order valence-electron chi connectivity index (χ3n) is 2.14. The van der Waals surface area contributed by atoms with Crippen LogP contribution in [-0.4, -0.2) is 28.0 Å². The lowest BCUT2D eigenvalue weighted by Crippen LogP contribution is -2.12. The predicted octanol–water partition coefficient (Wildman–Crippen LogP) is 1.54. The Morgan fingerprint density at radius 3 is 2.67 bits per heavy atom. The minimum Gasteiger partial charge on any atom is -0.481 e. The van der Waals surface area contributed by atoms with Gasteiger partial charge in [0.2, 0.25) is 0 Å². The van der Waals surface area contributed by atoms with Crippen LogP contribution in [0.4, 0.5) is 0 Å².